The zero-order chi connectivity index (χ0) is 10.8. The van der Waals surface area contributed by atoms with Gasteiger partial charge in [-0.25, -0.2) is 15.0 Å². The number of rotatable bonds is 3. The van der Waals surface area contributed by atoms with E-state index in [-0.39, 0.29) is 5.92 Å². The number of aromatic amines is 3. The summed E-state index contributed by atoms with van der Waals surface area (Å²) in [6.07, 6.45) is 10.5. The van der Waals surface area contributed by atoms with E-state index in [1.807, 2.05) is 0 Å². The Hall–Kier alpha value is -2.37. The first kappa shape index (κ1) is 8.90. The molecule has 0 aliphatic carbocycles. The molecule has 0 spiro atoms. The molecular weight excluding hydrogens is 204 g/mol. The smallest absolute Gasteiger partial charge is 0.133 e. The Morgan fingerprint density at radius 1 is 0.688 bits per heavy atom. The molecular formula is C10H10N6. The third-order valence-corrected chi connectivity index (χ3v) is 2.38. The summed E-state index contributed by atoms with van der Waals surface area (Å²) < 4.78 is 0. The predicted molar refractivity (Wildman–Crippen MR) is 56.7 cm³/mol. The van der Waals surface area contributed by atoms with Gasteiger partial charge in [0.2, 0.25) is 0 Å². The quantitative estimate of drug-likeness (QED) is 0.608. The Morgan fingerprint density at radius 3 is 1.31 bits per heavy atom. The monoisotopic (exact) mass is 214 g/mol. The minimum atomic E-state index is -0.111. The van der Waals surface area contributed by atoms with Gasteiger partial charge in [-0.15, -0.1) is 0 Å². The zero-order valence-corrected chi connectivity index (χ0v) is 8.38. The summed E-state index contributed by atoms with van der Waals surface area (Å²) in [4.78, 5) is 22.0. The second-order valence-corrected chi connectivity index (χ2v) is 3.36. The van der Waals surface area contributed by atoms with Gasteiger partial charge in [-0.1, -0.05) is 0 Å². The van der Waals surface area contributed by atoms with Crippen LogP contribution in [0.1, 0.15) is 23.4 Å². The van der Waals surface area contributed by atoms with E-state index < -0.39 is 0 Å². The molecule has 0 saturated heterocycles. The molecule has 80 valence electrons. The maximum Gasteiger partial charge on any atom is 0.133 e. The lowest BCUT2D eigenvalue weighted by molar-refractivity contribution is 0.773. The van der Waals surface area contributed by atoms with Crippen molar-refractivity contribution in [3.8, 4) is 0 Å². The van der Waals surface area contributed by atoms with Crippen molar-refractivity contribution in [2.24, 2.45) is 0 Å². The summed E-state index contributed by atoms with van der Waals surface area (Å²) >= 11 is 0. The highest BCUT2D eigenvalue weighted by Crippen LogP contribution is 2.23. The molecule has 16 heavy (non-hydrogen) atoms. The first-order chi connectivity index (χ1) is 7.95. The van der Waals surface area contributed by atoms with Crippen LogP contribution in [0, 0.1) is 0 Å². The van der Waals surface area contributed by atoms with Crippen molar-refractivity contribution in [1.29, 1.82) is 0 Å². The number of H-pyrrole nitrogens is 3. The van der Waals surface area contributed by atoms with E-state index in [2.05, 4.69) is 29.9 Å². The van der Waals surface area contributed by atoms with E-state index in [1.54, 1.807) is 37.2 Å². The fraction of sp³-hybridized carbons (Fsp3) is 0.100. The third kappa shape index (κ3) is 1.40. The number of imidazole rings is 3. The molecule has 0 unspecified atom stereocenters. The van der Waals surface area contributed by atoms with E-state index in [9.17, 15) is 0 Å². The van der Waals surface area contributed by atoms with Crippen molar-refractivity contribution in [2.75, 3.05) is 0 Å². The summed E-state index contributed by atoms with van der Waals surface area (Å²) in [5, 5.41) is 0. The molecule has 0 fully saturated rings. The van der Waals surface area contributed by atoms with Gasteiger partial charge in [0.15, 0.2) is 0 Å². The number of nitrogens with zero attached hydrogens (tertiary/aromatic N) is 3. The fourth-order valence-electron chi connectivity index (χ4n) is 1.69. The molecule has 6 nitrogen and oxygen atoms in total. The zero-order valence-electron chi connectivity index (χ0n) is 8.38. The van der Waals surface area contributed by atoms with Gasteiger partial charge in [0.05, 0.1) is 0 Å². The summed E-state index contributed by atoms with van der Waals surface area (Å²) in [5.41, 5.74) is 0. The highest BCUT2D eigenvalue weighted by molar-refractivity contribution is 5.22. The predicted octanol–water partition coefficient (Wildman–Crippen LogP) is 1.04. The number of nitrogens with one attached hydrogen (secondary N) is 3. The summed E-state index contributed by atoms with van der Waals surface area (Å²) in [6.45, 7) is 0. The molecule has 0 amide bonds. The normalized spacial score (nSPS) is 11.1. The summed E-state index contributed by atoms with van der Waals surface area (Å²) in [7, 11) is 0. The van der Waals surface area contributed by atoms with Gasteiger partial charge >= 0.3 is 0 Å². The molecule has 6 heteroatoms. The Morgan fingerprint density at radius 2 is 1.06 bits per heavy atom. The van der Waals surface area contributed by atoms with Crippen molar-refractivity contribution in [3.63, 3.8) is 0 Å². The summed E-state index contributed by atoms with van der Waals surface area (Å²) in [5.74, 6) is 2.32. The van der Waals surface area contributed by atoms with E-state index in [4.69, 9.17) is 0 Å². The lowest BCUT2D eigenvalue weighted by Crippen LogP contribution is -2.09. The molecule has 3 heterocycles. The molecule has 3 aromatic rings. The minimum Gasteiger partial charge on any atom is -0.348 e. The second kappa shape index (κ2) is 3.65. The lowest BCUT2D eigenvalue weighted by atomic mass is 10.1. The first-order valence-corrected chi connectivity index (χ1v) is 4.93. The van der Waals surface area contributed by atoms with Crippen molar-refractivity contribution in [1.82, 2.24) is 29.9 Å². The molecule has 0 atom stereocenters. The number of hydrogen-bond donors (Lipinski definition) is 3. The van der Waals surface area contributed by atoms with Gasteiger partial charge in [-0.05, 0) is 0 Å². The Labute approximate surface area is 91.2 Å². The van der Waals surface area contributed by atoms with Crippen LogP contribution in [0.15, 0.2) is 37.2 Å². The van der Waals surface area contributed by atoms with Crippen molar-refractivity contribution < 1.29 is 0 Å². The van der Waals surface area contributed by atoms with Crippen LogP contribution in [-0.2, 0) is 0 Å². The van der Waals surface area contributed by atoms with Crippen LogP contribution >= 0.6 is 0 Å². The van der Waals surface area contributed by atoms with Crippen LogP contribution in [0.4, 0.5) is 0 Å². The Balaban J connectivity index is 2.09. The van der Waals surface area contributed by atoms with Gasteiger partial charge in [0, 0.05) is 37.2 Å². The summed E-state index contributed by atoms with van der Waals surface area (Å²) in [6, 6.07) is 0. The van der Waals surface area contributed by atoms with Crippen molar-refractivity contribution in [3.05, 3.63) is 54.7 Å². The molecule has 0 aliphatic rings. The van der Waals surface area contributed by atoms with Crippen molar-refractivity contribution in [2.45, 2.75) is 5.92 Å². The highest BCUT2D eigenvalue weighted by Gasteiger charge is 2.23. The first-order valence-electron chi connectivity index (χ1n) is 4.93. The van der Waals surface area contributed by atoms with E-state index in [1.165, 1.54) is 0 Å². The van der Waals surface area contributed by atoms with Crippen LogP contribution in [0.3, 0.4) is 0 Å². The topological polar surface area (TPSA) is 86.0 Å². The largest absolute Gasteiger partial charge is 0.348 e. The van der Waals surface area contributed by atoms with Crippen LogP contribution in [0.2, 0.25) is 0 Å². The maximum absolute atomic E-state index is 4.25. The molecule has 0 bridgehead atoms. The van der Waals surface area contributed by atoms with Gasteiger partial charge in [0.25, 0.3) is 0 Å². The van der Waals surface area contributed by atoms with Gasteiger partial charge < -0.3 is 15.0 Å². The average Bonchev–Trinajstić information content (AvgIpc) is 3.02. The van der Waals surface area contributed by atoms with Crippen molar-refractivity contribution >= 4 is 0 Å². The molecule has 3 aromatic heterocycles. The highest BCUT2D eigenvalue weighted by atomic mass is 15.0. The van der Waals surface area contributed by atoms with Gasteiger partial charge in [-0.2, -0.15) is 0 Å². The van der Waals surface area contributed by atoms with Crippen LogP contribution in [-0.4, -0.2) is 29.9 Å². The molecule has 0 aliphatic heterocycles. The molecule has 0 radical (unpaired) electrons. The van der Waals surface area contributed by atoms with E-state index in [0.717, 1.165) is 17.5 Å². The number of aromatic nitrogens is 6. The fourth-order valence-corrected chi connectivity index (χ4v) is 1.69. The standard InChI is InChI=1S/C10H10N6/c1-2-12-8(11-1)7(9-13-3-4-14-9)10-15-5-6-16-10/h1-7H,(H,11,12)(H,13,14)(H,15,16). The molecule has 0 saturated carbocycles. The van der Waals surface area contributed by atoms with Crippen LogP contribution in [0.5, 0.6) is 0 Å². The molecule has 0 aromatic carbocycles. The van der Waals surface area contributed by atoms with E-state index >= 15 is 0 Å². The van der Waals surface area contributed by atoms with Gasteiger partial charge in [-0.3, -0.25) is 0 Å². The third-order valence-electron chi connectivity index (χ3n) is 2.38. The minimum absolute atomic E-state index is 0.111. The van der Waals surface area contributed by atoms with Gasteiger partial charge in [0.1, 0.15) is 23.4 Å². The molecule has 3 rings (SSSR count). The lowest BCUT2D eigenvalue weighted by Gasteiger charge is -2.08. The Kier molecular flexibility index (Phi) is 2.03. The SMILES string of the molecule is c1c[nH]c(C(c2ncc[nH]2)c2ncc[nH]2)n1. The van der Waals surface area contributed by atoms with E-state index in [0.29, 0.717) is 0 Å². The maximum atomic E-state index is 4.25. The molecule has 3 N–H and O–H groups in total. The average molecular weight is 214 g/mol. The van der Waals surface area contributed by atoms with Crippen LogP contribution in [0.25, 0.3) is 0 Å². The van der Waals surface area contributed by atoms with Crippen LogP contribution < -0.4 is 0 Å². The Bertz CT molecular complexity index is 440. The second-order valence-electron chi connectivity index (χ2n) is 3.36. The number of hydrogen-bond acceptors (Lipinski definition) is 3.